The Hall–Kier alpha value is -3.04. The Labute approximate surface area is 163 Å². The quantitative estimate of drug-likeness (QED) is 0.358. The lowest BCUT2D eigenvalue weighted by atomic mass is 10.1. The number of nitro groups is 1. The molecule has 0 spiro atoms. The number of anilines is 1. The molecular formula is C18H12N2O5S2. The fraction of sp³-hybridized carbons (Fsp3) is 0.0556. The third kappa shape index (κ3) is 3.74. The summed E-state index contributed by atoms with van der Waals surface area (Å²) < 4.78 is 0.266. The van der Waals surface area contributed by atoms with Crippen molar-refractivity contribution in [3.8, 4) is 0 Å². The van der Waals surface area contributed by atoms with Crippen LogP contribution in [0.4, 0.5) is 11.4 Å². The van der Waals surface area contributed by atoms with Crippen LogP contribution in [0.15, 0.2) is 47.4 Å². The molecule has 0 aliphatic carbocycles. The Morgan fingerprint density at radius 1 is 1.30 bits per heavy atom. The van der Waals surface area contributed by atoms with E-state index in [0.29, 0.717) is 21.7 Å². The van der Waals surface area contributed by atoms with E-state index in [9.17, 15) is 24.8 Å². The van der Waals surface area contributed by atoms with Gasteiger partial charge in [0.2, 0.25) is 0 Å². The molecule has 0 atom stereocenters. The zero-order valence-electron chi connectivity index (χ0n) is 13.9. The van der Waals surface area contributed by atoms with E-state index in [1.54, 1.807) is 19.1 Å². The fourth-order valence-electron chi connectivity index (χ4n) is 2.54. The monoisotopic (exact) mass is 400 g/mol. The number of carboxylic acids is 1. The average molecular weight is 400 g/mol. The molecule has 1 fully saturated rings. The smallest absolute Gasteiger partial charge is 0.335 e. The molecule has 136 valence electrons. The number of amides is 1. The number of benzene rings is 2. The van der Waals surface area contributed by atoms with E-state index in [2.05, 4.69) is 0 Å². The van der Waals surface area contributed by atoms with Crippen LogP contribution in [0.25, 0.3) is 6.08 Å². The van der Waals surface area contributed by atoms with Crippen molar-refractivity contribution in [2.45, 2.75) is 6.92 Å². The van der Waals surface area contributed by atoms with Gasteiger partial charge in [-0.3, -0.25) is 19.8 Å². The molecule has 1 aliphatic heterocycles. The number of carbonyl (C=O) groups excluding carboxylic acids is 1. The van der Waals surface area contributed by atoms with Gasteiger partial charge < -0.3 is 5.11 Å². The van der Waals surface area contributed by atoms with Gasteiger partial charge in [-0.1, -0.05) is 42.2 Å². The number of rotatable bonds is 4. The van der Waals surface area contributed by atoms with Crippen LogP contribution in [0.5, 0.6) is 0 Å². The Balaban J connectivity index is 1.99. The standard InChI is InChI=1S/C18H12N2O5S2/c1-10-5-6-12(17(22)23)9-14(10)19-16(21)15(27-18(19)26)8-11-3-2-4-13(7-11)20(24)25/h2-9H,1H3,(H,22,23)/b15-8-. The maximum absolute atomic E-state index is 12.8. The van der Waals surface area contributed by atoms with Crippen LogP contribution in [-0.4, -0.2) is 26.2 Å². The van der Waals surface area contributed by atoms with Crippen LogP contribution >= 0.6 is 24.0 Å². The molecule has 1 amide bonds. The third-order valence-electron chi connectivity index (χ3n) is 3.87. The first-order valence-corrected chi connectivity index (χ1v) is 8.87. The van der Waals surface area contributed by atoms with Gasteiger partial charge in [0.25, 0.3) is 11.6 Å². The number of aromatic carboxylic acids is 1. The lowest BCUT2D eigenvalue weighted by Crippen LogP contribution is -2.28. The maximum atomic E-state index is 12.8. The molecule has 0 bridgehead atoms. The van der Waals surface area contributed by atoms with Crippen molar-refractivity contribution < 1.29 is 19.6 Å². The van der Waals surface area contributed by atoms with Gasteiger partial charge >= 0.3 is 5.97 Å². The van der Waals surface area contributed by atoms with Gasteiger partial charge in [-0.2, -0.15) is 0 Å². The second kappa shape index (κ2) is 7.29. The first kappa shape index (κ1) is 18.7. The highest BCUT2D eigenvalue weighted by molar-refractivity contribution is 8.27. The number of thioether (sulfide) groups is 1. The average Bonchev–Trinajstić information content (AvgIpc) is 2.89. The summed E-state index contributed by atoms with van der Waals surface area (Å²) in [6, 6.07) is 10.4. The number of aryl methyl sites for hydroxylation is 1. The predicted octanol–water partition coefficient (Wildman–Crippen LogP) is 4.01. The summed E-state index contributed by atoms with van der Waals surface area (Å²) in [6.45, 7) is 1.75. The molecule has 0 unspecified atom stereocenters. The number of hydrogen-bond acceptors (Lipinski definition) is 6. The van der Waals surface area contributed by atoms with Crippen molar-refractivity contribution in [2.24, 2.45) is 0 Å². The zero-order chi connectivity index (χ0) is 19.7. The lowest BCUT2D eigenvalue weighted by molar-refractivity contribution is -0.384. The SMILES string of the molecule is Cc1ccc(C(=O)O)cc1N1C(=O)/C(=C/c2cccc([N+](=O)[O-])c2)SC1=S. The van der Waals surface area contributed by atoms with Crippen molar-refractivity contribution in [2.75, 3.05) is 4.90 Å². The number of carbonyl (C=O) groups is 2. The van der Waals surface area contributed by atoms with Gasteiger partial charge in [-0.25, -0.2) is 4.79 Å². The van der Waals surface area contributed by atoms with Crippen LogP contribution in [0.3, 0.4) is 0 Å². The zero-order valence-corrected chi connectivity index (χ0v) is 15.5. The second-order valence-electron chi connectivity index (χ2n) is 5.68. The molecule has 2 aromatic rings. The van der Waals surface area contributed by atoms with Crippen LogP contribution in [0, 0.1) is 17.0 Å². The Kier molecular flexibility index (Phi) is 5.06. The van der Waals surface area contributed by atoms with Crippen LogP contribution in [-0.2, 0) is 4.79 Å². The van der Waals surface area contributed by atoms with E-state index in [1.807, 2.05) is 0 Å². The topological polar surface area (TPSA) is 101 Å². The fourth-order valence-corrected chi connectivity index (χ4v) is 3.82. The van der Waals surface area contributed by atoms with Crippen molar-refractivity contribution in [1.29, 1.82) is 0 Å². The van der Waals surface area contributed by atoms with Crippen molar-refractivity contribution in [3.63, 3.8) is 0 Å². The van der Waals surface area contributed by atoms with E-state index in [4.69, 9.17) is 12.2 Å². The van der Waals surface area contributed by atoms with Gasteiger partial charge in [0.1, 0.15) is 0 Å². The lowest BCUT2D eigenvalue weighted by Gasteiger charge is -2.17. The Morgan fingerprint density at radius 2 is 2.04 bits per heavy atom. The van der Waals surface area contributed by atoms with Crippen molar-refractivity contribution >= 4 is 57.6 Å². The first-order valence-electron chi connectivity index (χ1n) is 7.64. The normalized spacial score (nSPS) is 15.4. The molecular weight excluding hydrogens is 388 g/mol. The predicted molar refractivity (Wildman–Crippen MR) is 107 cm³/mol. The molecule has 1 N–H and O–H groups in total. The molecule has 1 saturated heterocycles. The van der Waals surface area contributed by atoms with Crippen molar-refractivity contribution in [3.05, 3.63) is 74.2 Å². The van der Waals surface area contributed by atoms with E-state index in [0.717, 1.165) is 11.8 Å². The molecule has 1 aliphatic rings. The van der Waals surface area contributed by atoms with Crippen LogP contribution < -0.4 is 4.90 Å². The molecule has 1 heterocycles. The van der Waals surface area contributed by atoms with E-state index in [-0.39, 0.29) is 15.6 Å². The molecule has 2 aromatic carbocycles. The molecule has 0 radical (unpaired) electrons. The molecule has 0 aromatic heterocycles. The summed E-state index contributed by atoms with van der Waals surface area (Å²) in [4.78, 5) is 36.1. The third-order valence-corrected chi connectivity index (χ3v) is 5.17. The number of nitrogens with zero attached hydrogens (tertiary/aromatic N) is 2. The Bertz CT molecular complexity index is 1030. The van der Waals surface area contributed by atoms with Gasteiger partial charge in [-0.15, -0.1) is 0 Å². The van der Waals surface area contributed by atoms with E-state index in [1.165, 1.54) is 41.3 Å². The number of hydrogen-bond donors (Lipinski definition) is 1. The minimum Gasteiger partial charge on any atom is -0.478 e. The Morgan fingerprint density at radius 3 is 2.70 bits per heavy atom. The van der Waals surface area contributed by atoms with Gasteiger partial charge in [0.15, 0.2) is 4.32 Å². The van der Waals surface area contributed by atoms with Crippen LogP contribution in [0.1, 0.15) is 21.5 Å². The molecule has 3 rings (SSSR count). The summed E-state index contributed by atoms with van der Waals surface area (Å²) >= 11 is 6.36. The first-order chi connectivity index (χ1) is 12.8. The summed E-state index contributed by atoms with van der Waals surface area (Å²) in [5, 5.41) is 20.1. The molecule has 9 heteroatoms. The minimum atomic E-state index is -1.10. The number of nitro benzene ring substituents is 1. The number of non-ortho nitro benzene ring substituents is 1. The summed E-state index contributed by atoms with van der Waals surface area (Å²) in [5.74, 6) is -1.50. The molecule has 0 saturated carbocycles. The summed E-state index contributed by atoms with van der Waals surface area (Å²) in [6.07, 6.45) is 1.53. The van der Waals surface area contributed by atoms with E-state index >= 15 is 0 Å². The van der Waals surface area contributed by atoms with Crippen molar-refractivity contribution in [1.82, 2.24) is 0 Å². The van der Waals surface area contributed by atoms with Gasteiger partial charge in [-0.05, 0) is 36.3 Å². The number of thiocarbonyl (C=S) groups is 1. The highest BCUT2D eigenvalue weighted by atomic mass is 32.2. The number of carboxylic acid groups (broad SMARTS) is 1. The van der Waals surface area contributed by atoms with Gasteiger partial charge in [0, 0.05) is 12.1 Å². The summed E-state index contributed by atoms with van der Waals surface area (Å²) in [5.41, 5.74) is 1.57. The largest absolute Gasteiger partial charge is 0.478 e. The summed E-state index contributed by atoms with van der Waals surface area (Å²) in [7, 11) is 0. The maximum Gasteiger partial charge on any atom is 0.335 e. The minimum absolute atomic E-state index is 0.0484. The second-order valence-corrected chi connectivity index (χ2v) is 7.35. The van der Waals surface area contributed by atoms with Crippen LogP contribution in [0.2, 0.25) is 0 Å². The molecule has 27 heavy (non-hydrogen) atoms. The van der Waals surface area contributed by atoms with Gasteiger partial charge in [0.05, 0.1) is 21.1 Å². The molecule has 7 nitrogen and oxygen atoms in total. The highest BCUT2D eigenvalue weighted by Crippen LogP contribution is 2.37. The van der Waals surface area contributed by atoms with E-state index < -0.39 is 16.8 Å². The highest BCUT2D eigenvalue weighted by Gasteiger charge is 2.34.